The number of rotatable bonds is 4. The van der Waals surface area contributed by atoms with Crippen LogP contribution < -0.4 is 5.32 Å². The number of nitrogens with one attached hydrogen (secondary N) is 1. The second kappa shape index (κ2) is 5.62. The summed E-state index contributed by atoms with van der Waals surface area (Å²) in [6, 6.07) is 6.16. The molecule has 0 aliphatic rings. The highest BCUT2D eigenvalue weighted by Crippen LogP contribution is 2.16. The van der Waals surface area contributed by atoms with Gasteiger partial charge in [0.15, 0.2) is 0 Å². The molecule has 0 spiro atoms. The summed E-state index contributed by atoms with van der Waals surface area (Å²) in [5.74, 6) is -0.380. The molecule has 15 heavy (non-hydrogen) atoms. The summed E-state index contributed by atoms with van der Waals surface area (Å²) in [4.78, 5) is 0. The second-order valence-corrected chi connectivity index (χ2v) is 4.51. The Morgan fingerprint density at radius 3 is 2.93 bits per heavy atom. The van der Waals surface area contributed by atoms with E-state index in [-0.39, 0.29) is 5.82 Å². The van der Waals surface area contributed by atoms with E-state index in [1.54, 1.807) is 17.8 Å². The Morgan fingerprint density at radius 2 is 2.33 bits per heavy atom. The van der Waals surface area contributed by atoms with Gasteiger partial charge in [0.05, 0.1) is 11.3 Å². The summed E-state index contributed by atoms with van der Waals surface area (Å²) in [5.41, 5.74) is 1.04. The van der Waals surface area contributed by atoms with Crippen molar-refractivity contribution in [2.24, 2.45) is 0 Å². The lowest BCUT2D eigenvalue weighted by Gasteiger charge is -2.12. The van der Waals surface area contributed by atoms with Gasteiger partial charge in [-0.15, -0.1) is 0 Å². The van der Waals surface area contributed by atoms with Gasteiger partial charge in [0.2, 0.25) is 0 Å². The van der Waals surface area contributed by atoms with E-state index in [4.69, 9.17) is 5.26 Å². The van der Waals surface area contributed by atoms with E-state index in [0.717, 1.165) is 6.54 Å². The van der Waals surface area contributed by atoms with Gasteiger partial charge in [-0.2, -0.15) is 17.0 Å². The van der Waals surface area contributed by atoms with Crippen LogP contribution in [0, 0.1) is 17.1 Å². The van der Waals surface area contributed by atoms with Gasteiger partial charge < -0.3 is 5.32 Å². The van der Waals surface area contributed by atoms with Gasteiger partial charge in [0.25, 0.3) is 0 Å². The number of anilines is 1. The molecule has 0 bridgehead atoms. The number of thioether (sulfide) groups is 1. The molecular formula is C11H13FN2S. The van der Waals surface area contributed by atoms with E-state index < -0.39 is 0 Å². The van der Waals surface area contributed by atoms with Gasteiger partial charge >= 0.3 is 0 Å². The molecule has 1 unspecified atom stereocenters. The Labute approximate surface area is 93.5 Å². The normalized spacial score (nSPS) is 11.9. The van der Waals surface area contributed by atoms with Crippen molar-refractivity contribution >= 4 is 17.4 Å². The topological polar surface area (TPSA) is 35.8 Å². The Bertz CT molecular complexity index is 373. The molecule has 0 radical (unpaired) electrons. The second-order valence-electron chi connectivity index (χ2n) is 3.23. The van der Waals surface area contributed by atoms with E-state index in [2.05, 4.69) is 12.2 Å². The van der Waals surface area contributed by atoms with Crippen LogP contribution in [-0.4, -0.2) is 18.1 Å². The van der Waals surface area contributed by atoms with Crippen LogP contribution in [0.3, 0.4) is 0 Å². The number of benzene rings is 1. The molecule has 1 rings (SSSR count). The summed E-state index contributed by atoms with van der Waals surface area (Å²) in [6.45, 7) is 2.86. The molecule has 1 aromatic carbocycles. The Hall–Kier alpha value is -1.21. The standard InChI is InChI=1S/C11H13FN2S/c1-8(15-2)7-14-11-4-3-10(12)5-9(11)6-13/h3-5,8,14H,7H2,1-2H3. The summed E-state index contributed by atoms with van der Waals surface area (Å²) in [7, 11) is 0. The zero-order valence-corrected chi connectivity index (χ0v) is 9.57. The van der Waals surface area contributed by atoms with E-state index in [0.29, 0.717) is 16.5 Å². The summed E-state index contributed by atoms with van der Waals surface area (Å²) < 4.78 is 12.8. The molecule has 0 fully saturated rings. The quantitative estimate of drug-likeness (QED) is 0.854. The van der Waals surface area contributed by atoms with Crippen molar-refractivity contribution in [1.82, 2.24) is 0 Å². The SMILES string of the molecule is CSC(C)CNc1ccc(F)cc1C#N. The minimum atomic E-state index is -0.380. The number of nitriles is 1. The van der Waals surface area contributed by atoms with Crippen LogP contribution in [-0.2, 0) is 0 Å². The molecule has 0 aliphatic carbocycles. The van der Waals surface area contributed by atoms with Crippen molar-refractivity contribution in [3.05, 3.63) is 29.6 Å². The largest absolute Gasteiger partial charge is 0.383 e. The zero-order valence-electron chi connectivity index (χ0n) is 8.75. The summed E-state index contributed by atoms with van der Waals surface area (Å²) >= 11 is 1.74. The van der Waals surface area contributed by atoms with Gasteiger partial charge in [-0.05, 0) is 24.5 Å². The highest BCUT2D eigenvalue weighted by molar-refractivity contribution is 7.99. The maximum atomic E-state index is 12.8. The molecule has 0 saturated heterocycles. The Balaban J connectivity index is 2.73. The van der Waals surface area contributed by atoms with Crippen LogP contribution in [0.4, 0.5) is 10.1 Å². The Kier molecular flexibility index (Phi) is 4.44. The van der Waals surface area contributed by atoms with E-state index in [1.165, 1.54) is 12.1 Å². The predicted octanol–water partition coefficient (Wildman–Crippen LogP) is 2.86. The van der Waals surface area contributed by atoms with Gasteiger partial charge in [0.1, 0.15) is 11.9 Å². The number of hydrogen-bond acceptors (Lipinski definition) is 3. The lowest BCUT2D eigenvalue weighted by Crippen LogP contribution is -2.13. The molecule has 0 saturated carbocycles. The monoisotopic (exact) mass is 224 g/mol. The molecule has 1 aromatic rings. The Morgan fingerprint density at radius 1 is 1.60 bits per heavy atom. The fourth-order valence-corrected chi connectivity index (χ4v) is 1.35. The average Bonchev–Trinajstić information content (AvgIpc) is 2.26. The first kappa shape index (κ1) is 11.9. The van der Waals surface area contributed by atoms with Crippen molar-refractivity contribution in [2.45, 2.75) is 12.2 Å². The number of nitrogens with zero attached hydrogens (tertiary/aromatic N) is 1. The van der Waals surface area contributed by atoms with Crippen molar-refractivity contribution in [1.29, 1.82) is 5.26 Å². The maximum absolute atomic E-state index is 12.8. The third-order valence-electron chi connectivity index (χ3n) is 2.08. The first-order valence-corrected chi connectivity index (χ1v) is 5.92. The molecule has 0 aromatic heterocycles. The third kappa shape index (κ3) is 3.45. The van der Waals surface area contributed by atoms with E-state index in [9.17, 15) is 4.39 Å². The molecule has 80 valence electrons. The smallest absolute Gasteiger partial charge is 0.124 e. The fraction of sp³-hybridized carbons (Fsp3) is 0.364. The van der Waals surface area contributed by atoms with Crippen molar-refractivity contribution in [2.75, 3.05) is 18.1 Å². The van der Waals surface area contributed by atoms with Crippen LogP contribution in [0.5, 0.6) is 0 Å². The molecule has 0 heterocycles. The minimum Gasteiger partial charge on any atom is -0.383 e. The molecule has 0 amide bonds. The first-order valence-electron chi connectivity index (χ1n) is 4.63. The van der Waals surface area contributed by atoms with E-state index >= 15 is 0 Å². The summed E-state index contributed by atoms with van der Waals surface area (Å²) in [6.07, 6.45) is 2.03. The number of hydrogen-bond donors (Lipinski definition) is 1. The average molecular weight is 224 g/mol. The summed E-state index contributed by atoms with van der Waals surface area (Å²) in [5, 5.41) is 12.4. The van der Waals surface area contributed by atoms with Gasteiger partial charge in [-0.25, -0.2) is 4.39 Å². The lowest BCUT2D eigenvalue weighted by atomic mass is 10.2. The van der Waals surface area contributed by atoms with Crippen LogP contribution >= 0.6 is 11.8 Å². The van der Waals surface area contributed by atoms with Gasteiger partial charge in [0, 0.05) is 11.8 Å². The van der Waals surface area contributed by atoms with Crippen LogP contribution in [0.1, 0.15) is 12.5 Å². The first-order chi connectivity index (χ1) is 7.17. The van der Waals surface area contributed by atoms with E-state index in [1.807, 2.05) is 12.3 Å². The maximum Gasteiger partial charge on any atom is 0.124 e. The number of halogens is 1. The van der Waals surface area contributed by atoms with Gasteiger partial charge in [-0.1, -0.05) is 6.92 Å². The van der Waals surface area contributed by atoms with Crippen LogP contribution in [0.15, 0.2) is 18.2 Å². The molecule has 0 aliphatic heterocycles. The molecular weight excluding hydrogens is 211 g/mol. The highest BCUT2D eigenvalue weighted by atomic mass is 32.2. The molecule has 4 heteroatoms. The fourth-order valence-electron chi connectivity index (χ4n) is 1.10. The van der Waals surface area contributed by atoms with Crippen molar-refractivity contribution in [3.8, 4) is 6.07 Å². The molecule has 1 atom stereocenters. The van der Waals surface area contributed by atoms with Gasteiger partial charge in [-0.3, -0.25) is 0 Å². The minimum absolute atomic E-state index is 0.350. The molecule has 2 nitrogen and oxygen atoms in total. The highest BCUT2D eigenvalue weighted by Gasteiger charge is 2.04. The van der Waals surface area contributed by atoms with Crippen LogP contribution in [0.2, 0.25) is 0 Å². The lowest BCUT2D eigenvalue weighted by molar-refractivity contribution is 0.627. The molecule has 1 N–H and O–H groups in total. The zero-order chi connectivity index (χ0) is 11.3. The van der Waals surface area contributed by atoms with Crippen molar-refractivity contribution < 1.29 is 4.39 Å². The van der Waals surface area contributed by atoms with Crippen molar-refractivity contribution in [3.63, 3.8) is 0 Å². The van der Waals surface area contributed by atoms with Crippen LogP contribution in [0.25, 0.3) is 0 Å². The predicted molar refractivity (Wildman–Crippen MR) is 62.6 cm³/mol. The third-order valence-corrected chi connectivity index (χ3v) is 3.06.